The lowest BCUT2D eigenvalue weighted by atomic mass is 9.96. The summed E-state index contributed by atoms with van der Waals surface area (Å²) in [4.78, 5) is 17.1. The van der Waals surface area contributed by atoms with Gasteiger partial charge in [-0.3, -0.25) is 0 Å². The fraction of sp³-hybridized carbons (Fsp3) is 0.389. The molecule has 4 rings (SSSR count). The molecule has 0 unspecified atom stereocenters. The van der Waals surface area contributed by atoms with Crippen LogP contribution in [0.25, 0.3) is 0 Å². The summed E-state index contributed by atoms with van der Waals surface area (Å²) in [5.74, 6) is 0.199. The molecule has 1 fully saturated rings. The van der Waals surface area contributed by atoms with Crippen LogP contribution in [0, 0.1) is 0 Å². The number of aromatic nitrogens is 3. The molecule has 1 saturated heterocycles. The lowest BCUT2D eigenvalue weighted by Crippen LogP contribution is -2.30. The lowest BCUT2D eigenvalue weighted by Gasteiger charge is -2.28. The number of halogens is 1. The second-order valence-corrected chi connectivity index (χ2v) is 6.82. The van der Waals surface area contributed by atoms with E-state index in [0.717, 1.165) is 25.0 Å². The summed E-state index contributed by atoms with van der Waals surface area (Å²) in [5.41, 5.74) is 2.08. The van der Waals surface area contributed by atoms with Crippen LogP contribution in [0.1, 0.15) is 31.4 Å². The number of carbonyl (C=O) groups excluding carboxylic acids is 1. The molecule has 136 valence electrons. The van der Waals surface area contributed by atoms with E-state index >= 15 is 0 Å². The Morgan fingerprint density at radius 2 is 2.23 bits per heavy atom. The minimum absolute atomic E-state index is 0.0210. The van der Waals surface area contributed by atoms with Crippen molar-refractivity contribution in [3.8, 4) is 0 Å². The lowest BCUT2D eigenvalue weighted by molar-refractivity contribution is -0.142. The first-order valence-corrected chi connectivity index (χ1v) is 8.93. The van der Waals surface area contributed by atoms with E-state index in [0.29, 0.717) is 22.2 Å². The van der Waals surface area contributed by atoms with Crippen molar-refractivity contribution in [2.75, 3.05) is 18.5 Å². The van der Waals surface area contributed by atoms with E-state index in [1.54, 1.807) is 16.8 Å². The molecule has 0 aliphatic carbocycles. The van der Waals surface area contributed by atoms with E-state index in [4.69, 9.17) is 21.1 Å². The van der Waals surface area contributed by atoms with Crippen molar-refractivity contribution in [2.24, 2.45) is 0 Å². The van der Waals surface area contributed by atoms with Gasteiger partial charge in [-0.2, -0.15) is 10.1 Å². The average Bonchev–Trinajstić information content (AvgIpc) is 3.30. The smallest absolute Gasteiger partial charge is 0.338 e. The first-order valence-electron chi connectivity index (χ1n) is 8.55. The van der Waals surface area contributed by atoms with Gasteiger partial charge in [0.2, 0.25) is 5.95 Å². The number of rotatable bonds is 4. The minimum atomic E-state index is -0.428. The highest BCUT2D eigenvalue weighted by atomic mass is 35.5. The van der Waals surface area contributed by atoms with Crippen LogP contribution >= 0.6 is 11.6 Å². The molecule has 2 aliphatic heterocycles. The van der Waals surface area contributed by atoms with Gasteiger partial charge in [-0.15, -0.1) is 0 Å². The topological polar surface area (TPSA) is 78.3 Å². The van der Waals surface area contributed by atoms with E-state index in [1.807, 2.05) is 19.1 Å². The summed E-state index contributed by atoms with van der Waals surface area (Å²) >= 11 is 6.02. The molecule has 2 aromatic rings. The Labute approximate surface area is 156 Å². The number of allylic oxidation sites excluding steroid dienone is 1. The van der Waals surface area contributed by atoms with Crippen molar-refractivity contribution in [3.63, 3.8) is 0 Å². The van der Waals surface area contributed by atoms with Crippen LogP contribution in [0.4, 0.5) is 5.95 Å². The second-order valence-electron chi connectivity index (χ2n) is 6.38. The normalized spacial score (nSPS) is 22.1. The zero-order valence-electron chi connectivity index (χ0n) is 14.3. The van der Waals surface area contributed by atoms with Gasteiger partial charge in [-0.1, -0.05) is 23.7 Å². The first kappa shape index (κ1) is 17.1. The van der Waals surface area contributed by atoms with Crippen LogP contribution in [0.15, 0.2) is 41.9 Å². The molecule has 0 spiro atoms. The van der Waals surface area contributed by atoms with Gasteiger partial charge in [0.05, 0.1) is 11.7 Å². The minimum Gasteiger partial charge on any atom is -0.459 e. The number of fused-ring (bicyclic) bond motifs is 1. The maximum absolute atomic E-state index is 12.9. The largest absolute Gasteiger partial charge is 0.459 e. The third-order valence-corrected chi connectivity index (χ3v) is 4.88. The SMILES string of the molecule is CC1=C(C(=O)OC[C@H]2CCCO2)[C@@H](c2ccc(Cl)cc2)n2ncnc2N1. The fourth-order valence-corrected chi connectivity index (χ4v) is 3.46. The van der Waals surface area contributed by atoms with E-state index in [-0.39, 0.29) is 18.7 Å². The maximum atomic E-state index is 12.9. The van der Waals surface area contributed by atoms with Gasteiger partial charge in [0.15, 0.2) is 0 Å². The predicted octanol–water partition coefficient (Wildman–Crippen LogP) is 2.94. The molecule has 2 atom stereocenters. The third kappa shape index (κ3) is 3.20. The molecular formula is C18H19ClN4O3. The van der Waals surface area contributed by atoms with Gasteiger partial charge in [0.25, 0.3) is 0 Å². The van der Waals surface area contributed by atoms with Gasteiger partial charge >= 0.3 is 5.97 Å². The molecule has 2 aliphatic rings. The fourth-order valence-electron chi connectivity index (χ4n) is 3.33. The van der Waals surface area contributed by atoms with Crippen LogP contribution in [0.3, 0.4) is 0 Å². The predicted molar refractivity (Wildman–Crippen MR) is 95.9 cm³/mol. The molecule has 1 aromatic heterocycles. The maximum Gasteiger partial charge on any atom is 0.338 e. The van der Waals surface area contributed by atoms with E-state index < -0.39 is 6.04 Å². The Morgan fingerprint density at radius 3 is 2.96 bits per heavy atom. The van der Waals surface area contributed by atoms with Crippen molar-refractivity contribution in [3.05, 3.63) is 52.4 Å². The molecule has 0 amide bonds. The van der Waals surface area contributed by atoms with E-state index in [1.165, 1.54) is 6.33 Å². The van der Waals surface area contributed by atoms with Crippen LogP contribution in [-0.2, 0) is 14.3 Å². The van der Waals surface area contributed by atoms with Crippen LogP contribution in [0.5, 0.6) is 0 Å². The number of nitrogens with zero attached hydrogens (tertiary/aromatic N) is 3. The number of anilines is 1. The molecular weight excluding hydrogens is 356 g/mol. The monoisotopic (exact) mass is 374 g/mol. The van der Waals surface area contributed by atoms with Gasteiger partial charge in [0, 0.05) is 17.3 Å². The van der Waals surface area contributed by atoms with Crippen molar-refractivity contribution in [1.82, 2.24) is 14.8 Å². The molecule has 0 bridgehead atoms. The summed E-state index contributed by atoms with van der Waals surface area (Å²) < 4.78 is 12.8. The Bertz CT molecular complexity index is 840. The number of hydrogen-bond acceptors (Lipinski definition) is 6. The van der Waals surface area contributed by atoms with Crippen LogP contribution in [0.2, 0.25) is 5.02 Å². The molecule has 1 aromatic carbocycles. The number of esters is 1. The molecule has 3 heterocycles. The van der Waals surface area contributed by atoms with E-state index in [2.05, 4.69) is 15.4 Å². The Kier molecular flexibility index (Phi) is 4.65. The van der Waals surface area contributed by atoms with Gasteiger partial charge in [-0.05, 0) is 37.5 Å². The Morgan fingerprint density at radius 1 is 1.42 bits per heavy atom. The summed E-state index contributed by atoms with van der Waals surface area (Å²) in [5, 5.41) is 8.04. The zero-order valence-corrected chi connectivity index (χ0v) is 15.1. The summed E-state index contributed by atoms with van der Waals surface area (Å²) in [6, 6.07) is 6.91. The standard InChI is InChI=1S/C18H19ClN4O3/c1-11-15(17(24)26-9-14-3-2-8-25-14)16(12-4-6-13(19)7-5-12)23-18(22-11)20-10-21-23/h4-7,10,14,16H,2-3,8-9H2,1H3,(H,20,21,22)/t14-,16-/m1/s1. The van der Waals surface area contributed by atoms with Crippen molar-refractivity contribution in [1.29, 1.82) is 0 Å². The highest BCUT2D eigenvalue weighted by molar-refractivity contribution is 6.30. The molecule has 0 radical (unpaired) electrons. The Balaban J connectivity index is 1.65. The Hall–Kier alpha value is -2.38. The zero-order chi connectivity index (χ0) is 18.1. The average molecular weight is 375 g/mol. The number of ether oxygens (including phenoxy) is 2. The molecule has 8 heteroatoms. The van der Waals surface area contributed by atoms with Crippen molar-refractivity contribution in [2.45, 2.75) is 31.9 Å². The van der Waals surface area contributed by atoms with E-state index in [9.17, 15) is 4.79 Å². The van der Waals surface area contributed by atoms with Gasteiger partial charge in [0.1, 0.15) is 19.0 Å². The first-order chi connectivity index (χ1) is 12.6. The van der Waals surface area contributed by atoms with Crippen LogP contribution in [-0.4, -0.2) is 40.1 Å². The summed E-state index contributed by atoms with van der Waals surface area (Å²) in [7, 11) is 0. The second kappa shape index (κ2) is 7.09. The number of nitrogens with one attached hydrogen (secondary N) is 1. The highest BCUT2D eigenvalue weighted by Crippen LogP contribution is 2.35. The quantitative estimate of drug-likeness (QED) is 0.829. The molecule has 1 N–H and O–H groups in total. The van der Waals surface area contributed by atoms with Gasteiger partial charge < -0.3 is 14.8 Å². The van der Waals surface area contributed by atoms with Crippen LogP contribution < -0.4 is 5.32 Å². The molecule has 0 saturated carbocycles. The third-order valence-electron chi connectivity index (χ3n) is 4.62. The number of carbonyl (C=O) groups is 1. The molecule has 7 nitrogen and oxygen atoms in total. The van der Waals surface area contributed by atoms with Crippen molar-refractivity contribution >= 4 is 23.5 Å². The molecule has 26 heavy (non-hydrogen) atoms. The number of hydrogen-bond donors (Lipinski definition) is 1. The summed E-state index contributed by atoms with van der Waals surface area (Å²) in [6.07, 6.45) is 3.35. The highest BCUT2D eigenvalue weighted by Gasteiger charge is 2.34. The van der Waals surface area contributed by atoms with Crippen molar-refractivity contribution < 1.29 is 14.3 Å². The van der Waals surface area contributed by atoms with Gasteiger partial charge in [-0.25, -0.2) is 9.48 Å². The number of benzene rings is 1. The summed E-state index contributed by atoms with van der Waals surface area (Å²) in [6.45, 7) is 2.82.